The molecule has 0 aromatic heterocycles. The molecule has 132 valence electrons. The summed E-state index contributed by atoms with van der Waals surface area (Å²) < 4.78 is 0. The monoisotopic (exact) mass is 332 g/mol. The highest BCUT2D eigenvalue weighted by Gasteiger charge is 2.21. The van der Waals surface area contributed by atoms with E-state index in [0.29, 0.717) is 18.7 Å². The molecule has 0 bridgehead atoms. The van der Waals surface area contributed by atoms with Gasteiger partial charge in [-0.15, -0.1) is 0 Å². The van der Waals surface area contributed by atoms with Gasteiger partial charge in [-0.1, -0.05) is 13.8 Å². The fraction of sp³-hybridized carbons (Fsp3) is 0.579. The number of carboxylic acids is 1. The molecular weight excluding hydrogens is 304 g/mol. The van der Waals surface area contributed by atoms with Gasteiger partial charge < -0.3 is 15.3 Å². The van der Waals surface area contributed by atoms with Gasteiger partial charge in [0.15, 0.2) is 0 Å². The molecule has 1 amide bonds. The molecule has 1 aromatic carbocycles. The molecule has 1 saturated heterocycles. The van der Waals surface area contributed by atoms with E-state index in [0.717, 1.165) is 44.3 Å². The van der Waals surface area contributed by atoms with Gasteiger partial charge in [-0.3, -0.25) is 4.79 Å². The second-order valence-corrected chi connectivity index (χ2v) is 6.48. The molecule has 1 heterocycles. The average Bonchev–Trinajstić information content (AvgIpc) is 2.61. The summed E-state index contributed by atoms with van der Waals surface area (Å²) in [5, 5.41) is 12.8. The quantitative estimate of drug-likeness (QED) is 0.805. The minimum Gasteiger partial charge on any atom is -0.478 e. The number of nitrogens with one attached hydrogen (secondary N) is 1. The van der Waals surface area contributed by atoms with Crippen molar-refractivity contribution in [3.63, 3.8) is 0 Å². The van der Waals surface area contributed by atoms with Gasteiger partial charge in [-0.2, -0.15) is 0 Å². The number of amides is 1. The molecule has 0 radical (unpaired) electrons. The second kappa shape index (κ2) is 8.83. The van der Waals surface area contributed by atoms with Crippen LogP contribution in [0.3, 0.4) is 0 Å². The number of benzene rings is 1. The smallest absolute Gasteiger partial charge is 0.335 e. The van der Waals surface area contributed by atoms with E-state index < -0.39 is 5.97 Å². The number of rotatable bonds is 7. The third-order valence-corrected chi connectivity index (χ3v) is 4.49. The van der Waals surface area contributed by atoms with Gasteiger partial charge in [-0.05, 0) is 61.9 Å². The van der Waals surface area contributed by atoms with Crippen LogP contribution in [0.1, 0.15) is 71.7 Å². The van der Waals surface area contributed by atoms with Gasteiger partial charge in [0.1, 0.15) is 0 Å². The van der Waals surface area contributed by atoms with Crippen LogP contribution in [0.2, 0.25) is 0 Å². The van der Waals surface area contributed by atoms with E-state index >= 15 is 0 Å². The van der Waals surface area contributed by atoms with E-state index in [4.69, 9.17) is 0 Å². The van der Waals surface area contributed by atoms with E-state index in [2.05, 4.69) is 5.32 Å². The van der Waals surface area contributed by atoms with E-state index in [-0.39, 0.29) is 17.4 Å². The van der Waals surface area contributed by atoms with Crippen molar-refractivity contribution in [2.75, 3.05) is 26.2 Å². The number of hydrogen-bond acceptors (Lipinski definition) is 3. The molecule has 0 unspecified atom stereocenters. The molecule has 2 N–H and O–H groups in total. The van der Waals surface area contributed by atoms with Crippen LogP contribution >= 0.6 is 0 Å². The molecule has 0 aliphatic carbocycles. The van der Waals surface area contributed by atoms with Crippen molar-refractivity contribution in [3.05, 3.63) is 34.9 Å². The predicted molar refractivity (Wildman–Crippen MR) is 94.7 cm³/mol. The third kappa shape index (κ3) is 4.57. The van der Waals surface area contributed by atoms with Crippen molar-refractivity contribution in [2.45, 2.75) is 45.4 Å². The summed E-state index contributed by atoms with van der Waals surface area (Å²) in [6, 6.07) is 5.13. The molecule has 2 rings (SSSR count). The minimum absolute atomic E-state index is 0.0631. The summed E-state index contributed by atoms with van der Waals surface area (Å²) >= 11 is 0. The highest BCUT2D eigenvalue weighted by atomic mass is 16.4. The van der Waals surface area contributed by atoms with Gasteiger partial charge in [0.05, 0.1) is 5.56 Å². The van der Waals surface area contributed by atoms with E-state index in [1.807, 2.05) is 24.8 Å². The summed E-state index contributed by atoms with van der Waals surface area (Å²) in [7, 11) is 0. The Kier molecular flexibility index (Phi) is 6.79. The number of carbonyl (C=O) groups excluding carboxylic acids is 1. The maximum Gasteiger partial charge on any atom is 0.335 e. The zero-order chi connectivity index (χ0) is 17.5. The van der Waals surface area contributed by atoms with Crippen molar-refractivity contribution in [1.82, 2.24) is 10.2 Å². The molecule has 5 nitrogen and oxygen atoms in total. The lowest BCUT2D eigenvalue weighted by Crippen LogP contribution is -2.33. The molecule has 1 aliphatic heterocycles. The molecule has 24 heavy (non-hydrogen) atoms. The predicted octanol–water partition coefficient (Wildman–Crippen LogP) is 3.11. The highest BCUT2D eigenvalue weighted by molar-refractivity contribution is 5.98. The van der Waals surface area contributed by atoms with Gasteiger partial charge in [0, 0.05) is 25.2 Å². The molecular formula is C19H28N2O3. The number of nitrogens with zero attached hydrogens (tertiary/aromatic N) is 1. The number of hydrogen-bond donors (Lipinski definition) is 2. The Bertz CT molecular complexity index is 574. The lowest BCUT2D eigenvalue weighted by Gasteiger charge is -2.25. The van der Waals surface area contributed by atoms with E-state index in [9.17, 15) is 14.7 Å². The lowest BCUT2D eigenvalue weighted by molar-refractivity contribution is 0.0696. The van der Waals surface area contributed by atoms with Crippen LogP contribution in [0.25, 0.3) is 0 Å². The van der Waals surface area contributed by atoms with Crippen LogP contribution in [0.5, 0.6) is 0 Å². The van der Waals surface area contributed by atoms with Crippen LogP contribution in [0.15, 0.2) is 18.2 Å². The summed E-state index contributed by atoms with van der Waals surface area (Å²) in [5.74, 6) is -0.769. The zero-order valence-electron chi connectivity index (χ0n) is 14.7. The first kappa shape index (κ1) is 18.5. The molecule has 1 aromatic rings. The van der Waals surface area contributed by atoms with E-state index in [1.165, 1.54) is 6.07 Å². The fourth-order valence-electron chi connectivity index (χ4n) is 3.31. The summed E-state index contributed by atoms with van der Waals surface area (Å²) in [6.45, 7) is 7.33. The third-order valence-electron chi connectivity index (χ3n) is 4.49. The van der Waals surface area contributed by atoms with Crippen LogP contribution in [-0.2, 0) is 0 Å². The zero-order valence-corrected chi connectivity index (χ0v) is 14.7. The maximum absolute atomic E-state index is 12.9. The Morgan fingerprint density at radius 3 is 2.38 bits per heavy atom. The summed E-state index contributed by atoms with van der Waals surface area (Å²) in [4.78, 5) is 26.2. The van der Waals surface area contributed by atoms with Gasteiger partial charge >= 0.3 is 5.97 Å². The molecule has 0 spiro atoms. The summed E-state index contributed by atoms with van der Waals surface area (Å²) in [5.41, 5.74) is 1.66. The van der Waals surface area contributed by atoms with Crippen LogP contribution < -0.4 is 5.32 Å². The van der Waals surface area contributed by atoms with E-state index in [1.54, 1.807) is 6.07 Å². The Labute approximate surface area is 144 Å². The molecule has 1 aliphatic rings. The van der Waals surface area contributed by atoms with Crippen molar-refractivity contribution in [1.29, 1.82) is 0 Å². The van der Waals surface area contributed by atoms with Gasteiger partial charge in [0.25, 0.3) is 5.91 Å². The Morgan fingerprint density at radius 1 is 1.17 bits per heavy atom. The maximum atomic E-state index is 12.9. The normalized spacial score (nSPS) is 17.5. The second-order valence-electron chi connectivity index (χ2n) is 6.48. The SMILES string of the molecule is CCCN(CCC)C(=O)c1cc(C(=O)O)cc([C@H]2CCCNC2)c1. The van der Waals surface area contributed by atoms with Crippen LogP contribution in [0, 0.1) is 0 Å². The first-order valence-corrected chi connectivity index (χ1v) is 8.95. The molecule has 0 saturated carbocycles. The van der Waals surface area contributed by atoms with Gasteiger partial charge in [-0.25, -0.2) is 4.79 Å². The Balaban J connectivity index is 2.34. The lowest BCUT2D eigenvalue weighted by atomic mass is 9.89. The Hall–Kier alpha value is -1.88. The van der Waals surface area contributed by atoms with Crippen molar-refractivity contribution >= 4 is 11.9 Å². The number of carbonyl (C=O) groups is 2. The topological polar surface area (TPSA) is 69.6 Å². The van der Waals surface area contributed by atoms with Crippen LogP contribution in [-0.4, -0.2) is 48.1 Å². The first-order valence-electron chi connectivity index (χ1n) is 8.95. The average molecular weight is 332 g/mol. The largest absolute Gasteiger partial charge is 0.478 e. The molecule has 1 fully saturated rings. The first-order chi connectivity index (χ1) is 11.6. The number of piperidine rings is 1. The van der Waals surface area contributed by atoms with Crippen molar-refractivity contribution in [2.24, 2.45) is 0 Å². The minimum atomic E-state index is -0.979. The standard InChI is InChI=1S/C19H28N2O3/c1-3-8-21(9-4-2)18(22)16-10-15(11-17(12-16)19(23)24)14-6-5-7-20-13-14/h10-12,14,20H,3-9,13H2,1-2H3,(H,23,24)/t14-/m0/s1. The highest BCUT2D eigenvalue weighted by Crippen LogP contribution is 2.26. The van der Waals surface area contributed by atoms with Crippen molar-refractivity contribution < 1.29 is 14.7 Å². The van der Waals surface area contributed by atoms with Crippen LogP contribution in [0.4, 0.5) is 0 Å². The molecule has 5 heteroatoms. The van der Waals surface area contributed by atoms with Gasteiger partial charge in [0.2, 0.25) is 0 Å². The number of aromatic carboxylic acids is 1. The fourth-order valence-corrected chi connectivity index (χ4v) is 3.31. The number of carboxylic acid groups (broad SMARTS) is 1. The molecule has 1 atom stereocenters. The summed E-state index contributed by atoms with van der Waals surface area (Å²) in [6.07, 6.45) is 3.88. The Morgan fingerprint density at radius 2 is 1.83 bits per heavy atom. The van der Waals surface area contributed by atoms with Crippen molar-refractivity contribution in [3.8, 4) is 0 Å².